The second-order valence-corrected chi connectivity index (χ2v) is 5.73. The predicted molar refractivity (Wildman–Crippen MR) is 78.6 cm³/mol. The fourth-order valence-electron chi connectivity index (χ4n) is 3.01. The maximum atomic E-state index is 14.4. The van der Waals surface area contributed by atoms with Crippen molar-refractivity contribution in [2.75, 3.05) is 18.5 Å². The molecule has 1 unspecified atom stereocenters. The Morgan fingerprint density at radius 3 is 3.14 bits per heavy atom. The van der Waals surface area contributed by atoms with E-state index in [0.717, 1.165) is 43.5 Å². The highest BCUT2D eigenvalue weighted by molar-refractivity contribution is 5.91. The maximum absolute atomic E-state index is 14.4. The lowest BCUT2D eigenvalue weighted by Crippen LogP contribution is -2.27. The fraction of sp³-hybridized carbons (Fsp3) is 0.562. The Hall–Kier alpha value is -1.46. The summed E-state index contributed by atoms with van der Waals surface area (Å²) in [5.41, 5.74) is 1.99. The van der Waals surface area contributed by atoms with Crippen molar-refractivity contribution in [2.45, 2.75) is 44.8 Å². The van der Waals surface area contributed by atoms with Crippen LogP contribution in [0.1, 0.15) is 36.8 Å². The van der Waals surface area contributed by atoms with Crippen molar-refractivity contribution in [2.24, 2.45) is 0 Å². The summed E-state index contributed by atoms with van der Waals surface area (Å²) in [6.45, 7) is 2.19. The van der Waals surface area contributed by atoms with Crippen LogP contribution in [0.15, 0.2) is 12.1 Å². The summed E-state index contributed by atoms with van der Waals surface area (Å²) in [7, 11) is 0. The van der Waals surface area contributed by atoms with Gasteiger partial charge in [0.2, 0.25) is 5.91 Å². The highest BCUT2D eigenvalue weighted by Crippen LogP contribution is 2.25. The number of hydrogen-bond acceptors (Lipinski definition) is 3. The number of ether oxygens (including phenoxy) is 1. The van der Waals surface area contributed by atoms with Gasteiger partial charge in [0.15, 0.2) is 0 Å². The second kappa shape index (κ2) is 6.54. The van der Waals surface area contributed by atoms with Gasteiger partial charge in [-0.2, -0.15) is 0 Å². The Bertz CT molecular complexity index is 527. The summed E-state index contributed by atoms with van der Waals surface area (Å²) >= 11 is 0. The smallest absolute Gasteiger partial charge is 0.227 e. The van der Waals surface area contributed by atoms with Crippen molar-refractivity contribution >= 4 is 11.6 Å². The van der Waals surface area contributed by atoms with Gasteiger partial charge in [-0.25, -0.2) is 4.39 Å². The van der Waals surface area contributed by atoms with E-state index < -0.39 is 0 Å². The molecule has 0 bridgehead atoms. The molecular weight excluding hydrogens is 271 g/mol. The van der Waals surface area contributed by atoms with E-state index in [9.17, 15) is 9.18 Å². The van der Waals surface area contributed by atoms with Gasteiger partial charge >= 0.3 is 0 Å². The van der Waals surface area contributed by atoms with Crippen molar-refractivity contribution in [3.63, 3.8) is 0 Å². The quantitative estimate of drug-likeness (QED) is 0.899. The summed E-state index contributed by atoms with van der Waals surface area (Å²) in [4.78, 5) is 12.0. The van der Waals surface area contributed by atoms with Gasteiger partial charge in [-0.1, -0.05) is 6.07 Å². The van der Waals surface area contributed by atoms with Gasteiger partial charge in [-0.3, -0.25) is 4.79 Å². The molecule has 2 aliphatic heterocycles. The Morgan fingerprint density at radius 1 is 1.43 bits per heavy atom. The third-order valence-electron chi connectivity index (χ3n) is 4.17. The summed E-state index contributed by atoms with van der Waals surface area (Å²) in [5, 5.41) is 5.91. The van der Waals surface area contributed by atoms with E-state index in [1.54, 1.807) is 6.07 Å². The van der Waals surface area contributed by atoms with Crippen LogP contribution in [-0.4, -0.2) is 25.2 Å². The Labute approximate surface area is 124 Å². The summed E-state index contributed by atoms with van der Waals surface area (Å²) in [6, 6.07) is 3.54. The van der Waals surface area contributed by atoms with Crippen LogP contribution in [0.4, 0.5) is 10.1 Å². The Morgan fingerprint density at radius 2 is 2.33 bits per heavy atom. The lowest BCUT2D eigenvalue weighted by Gasteiger charge is -2.22. The van der Waals surface area contributed by atoms with Crippen molar-refractivity contribution in [1.82, 2.24) is 5.32 Å². The van der Waals surface area contributed by atoms with Crippen LogP contribution in [0.3, 0.4) is 0 Å². The molecule has 5 heteroatoms. The predicted octanol–water partition coefficient (Wildman–Crippen LogP) is 2.37. The number of amides is 1. The minimum atomic E-state index is -0.285. The first-order chi connectivity index (χ1) is 10.2. The minimum absolute atomic E-state index is 0.0244. The lowest BCUT2D eigenvalue weighted by atomic mass is 9.99. The number of fused-ring (bicyclic) bond motifs is 1. The van der Waals surface area contributed by atoms with Crippen LogP contribution < -0.4 is 10.6 Å². The van der Waals surface area contributed by atoms with Crippen molar-refractivity contribution < 1.29 is 13.9 Å². The van der Waals surface area contributed by atoms with Gasteiger partial charge in [-0.05, 0) is 49.4 Å². The molecule has 114 valence electrons. The van der Waals surface area contributed by atoms with Crippen LogP contribution in [-0.2, 0) is 22.5 Å². The average Bonchev–Trinajstić information content (AvgIpc) is 2.51. The molecule has 1 amide bonds. The first kappa shape index (κ1) is 14.5. The van der Waals surface area contributed by atoms with Gasteiger partial charge in [-0.15, -0.1) is 0 Å². The van der Waals surface area contributed by atoms with E-state index in [1.165, 1.54) is 0 Å². The molecule has 0 spiro atoms. The average molecular weight is 292 g/mol. The maximum Gasteiger partial charge on any atom is 0.227 e. The molecule has 0 aromatic heterocycles. The first-order valence-electron chi connectivity index (χ1n) is 7.66. The van der Waals surface area contributed by atoms with E-state index in [1.807, 2.05) is 6.07 Å². The van der Waals surface area contributed by atoms with Gasteiger partial charge in [0.1, 0.15) is 5.82 Å². The SMILES string of the molecule is O=C(CC1CCCCO1)Nc1ccc2c(c1F)CCNC2. The number of hydrogen-bond donors (Lipinski definition) is 2. The monoisotopic (exact) mass is 292 g/mol. The van der Waals surface area contributed by atoms with E-state index in [2.05, 4.69) is 10.6 Å². The molecule has 1 atom stereocenters. The van der Waals surface area contributed by atoms with Crippen LogP contribution in [0.5, 0.6) is 0 Å². The van der Waals surface area contributed by atoms with Gasteiger partial charge < -0.3 is 15.4 Å². The van der Waals surface area contributed by atoms with Gasteiger partial charge in [0, 0.05) is 13.2 Å². The zero-order chi connectivity index (χ0) is 14.7. The fourth-order valence-corrected chi connectivity index (χ4v) is 3.01. The number of carbonyl (C=O) groups excluding carboxylic acids is 1. The molecule has 21 heavy (non-hydrogen) atoms. The van der Waals surface area contributed by atoms with Crippen LogP contribution in [0, 0.1) is 5.82 Å². The molecule has 4 nitrogen and oxygen atoms in total. The van der Waals surface area contributed by atoms with Crippen LogP contribution in [0.25, 0.3) is 0 Å². The highest BCUT2D eigenvalue weighted by Gasteiger charge is 2.20. The molecule has 1 aromatic rings. The second-order valence-electron chi connectivity index (χ2n) is 5.73. The minimum Gasteiger partial charge on any atom is -0.378 e. The number of rotatable bonds is 3. The molecule has 1 saturated heterocycles. The van der Waals surface area contributed by atoms with Crippen molar-refractivity contribution in [1.29, 1.82) is 0 Å². The van der Waals surface area contributed by atoms with Gasteiger partial charge in [0.05, 0.1) is 18.2 Å². The standard InChI is InChI=1S/C16H21FN2O2/c17-16-13-6-7-18-10-11(13)4-5-14(16)19-15(20)9-12-3-1-2-8-21-12/h4-5,12,18H,1-3,6-10H2,(H,19,20). The summed E-state index contributed by atoms with van der Waals surface area (Å²) in [5.74, 6) is -0.457. The molecule has 0 aliphatic carbocycles. The van der Waals surface area contributed by atoms with Gasteiger partial charge in [0.25, 0.3) is 0 Å². The van der Waals surface area contributed by atoms with Crippen LogP contribution >= 0.6 is 0 Å². The highest BCUT2D eigenvalue weighted by atomic mass is 19.1. The number of carbonyl (C=O) groups is 1. The normalized spacial score (nSPS) is 21.7. The van der Waals surface area contributed by atoms with E-state index in [-0.39, 0.29) is 23.5 Å². The third-order valence-corrected chi connectivity index (χ3v) is 4.17. The molecule has 2 heterocycles. The number of halogens is 1. The summed E-state index contributed by atoms with van der Waals surface area (Å²) in [6.07, 6.45) is 4.01. The van der Waals surface area contributed by atoms with Crippen LogP contribution in [0.2, 0.25) is 0 Å². The van der Waals surface area contributed by atoms with E-state index in [0.29, 0.717) is 19.4 Å². The molecular formula is C16H21FN2O2. The lowest BCUT2D eigenvalue weighted by molar-refractivity contribution is -0.119. The molecule has 0 saturated carbocycles. The topological polar surface area (TPSA) is 50.4 Å². The zero-order valence-electron chi connectivity index (χ0n) is 12.1. The third kappa shape index (κ3) is 3.41. The van der Waals surface area contributed by atoms with E-state index >= 15 is 0 Å². The molecule has 2 N–H and O–H groups in total. The molecule has 3 rings (SSSR count). The zero-order valence-corrected chi connectivity index (χ0v) is 12.1. The largest absolute Gasteiger partial charge is 0.378 e. The Balaban J connectivity index is 1.65. The van der Waals surface area contributed by atoms with Crippen molar-refractivity contribution in [3.05, 3.63) is 29.1 Å². The molecule has 0 radical (unpaired) electrons. The van der Waals surface area contributed by atoms with E-state index in [4.69, 9.17) is 4.74 Å². The molecule has 2 aliphatic rings. The Kier molecular flexibility index (Phi) is 4.51. The first-order valence-corrected chi connectivity index (χ1v) is 7.66. The molecule has 1 fully saturated rings. The van der Waals surface area contributed by atoms with Crippen molar-refractivity contribution in [3.8, 4) is 0 Å². The number of nitrogens with one attached hydrogen (secondary N) is 2. The molecule has 1 aromatic carbocycles. The summed E-state index contributed by atoms with van der Waals surface area (Å²) < 4.78 is 20.0. The number of anilines is 1. The number of benzene rings is 1.